The van der Waals surface area contributed by atoms with Gasteiger partial charge in [-0.15, -0.1) is 0 Å². The summed E-state index contributed by atoms with van der Waals surface area (Å²) >= 11 is 0. The number of amides is 1. The number of nitrogens with zero attached hydrogens (tertiary/aromatic N) is 1. The van der Waals surface area contributed by atoms with Crippen LogP contribution in [0.25, 0.3) is 0 Å². The normalized spacial score (nSPS) is 15.0. The van der Waals surface area contributed by atoms with Crippen LogP contribution in [0.5, 0.6) is 11.5 Å². The highest BCUT2D eigenvalue weighted by atomic mass is 16.5. The molecule has 0 unspecified atom stereocenters. The molecule has 0 atom stereocenters. The Morgan fingerprint density at radius 3 is 2.76 bits per heavy atom. The van der Waals surface area contributed by atoms with E-state index in [1.807, 2.05) is 0 Å². The minimum absolute atomic E-state index is 0.0830. The number of morpholine rings is 1. The third kappa shape index (κ3) is 6.55. The summed E-state index contributed by atoms with van der Waals surface area (Å²) in [4.78, 5) is 14.7. The lowest BCUT2D eigenvalue weighted by molar-refractivity contribution is 0.0374. The second-order valence-electron chi connectivity index (χ2n) is 6.13. The van der Waals surface area contributed by atoms with Gasteiger partial charge in [-0.3, -0.25) is 9.69 Å². The van der Waals surface area contributed by atoms with Crippen molar-refractivity contribution in [1.29, 1.82) is 0 Å². The summed E-state index contributed by atoms with van der Waals surface area (Å²) in [6, 6.07) is 5.32. The molecule has 1 aliphatic rings. The first-order valence-corrected chi connectivity index (χ1v) is 9.13. The SMILES string of the molecule is CCCCOc1ccc(C(=O)NCCCN2CCOCC2)cc1OC. The molecule has 0 radical (unpaired) electrons. The van der Waals surface area contributed by atoms with Crippen molar-refractivity contribution in [2.45, 2.75) is 26.2 Å². The maximum absolute atomic E-state index is 12.3. The highest BCUT2D eigenvalue weighted by Gasteiger charge is 2.12. The van der Waals surface area contributed by atoms with Crippen molar-refractivity contribution in [2.24, 2.45) is 0 Å². The molecule has 0 bridgehead atoms. The van der Waals surface area contributed by atoms with E-state index in [1.54, 1.807) is 25.3 Å². The van der Waals surface area contributed by atoms with Gasteiger partial charge >= 0.3 is 0 Å². The molecule has 0 spiro atoms. The zero-order chi connectivity index (χ0) is 17.9. The first-order chi connectivity index (χ1) is 12.2. The molecule has 1 amide bonds. The molecule has 1 N–H and O–H groups in total. The molecular weight excluding hydrogens is 320 g/mol. The maximum atomic E-state index is 12.3. The van der Waals surface area contributed by atoms with Crippen molar-refractivity contribution < 1.29 is 19.0 Å². The Balaban J connectivity index is 1.77. The number of hydrogen-bond acceptors (Lipinski definition) is 5. The molecule has 6 nitrogen and oxygen atoms in total. The fourth-order valence-electron chi connectivity index (χ4n) is 2.69. The van der Waals surface area contributed by atoms with Crippen LogP contribution < -0.4 is 14.8 Å². The van der Waals surface area contributed by atoms with Crippen LogP contribution >= 0.6 is 0 Å². The molecule has 0 aliphatic carbocycles. The van der Waals surface area contributed by atoms with Gasteiger partial charge in [0, 0.05) is 25.2 Å². The number of carbonyl (C=O) groups excluding carboxylic acids is 1. The molecule has 6 heteroatoms. The van der Waals surface area contributed by atoms with Gasteiger partial charge in [0.1, 0.15) is 0 Å². The predicted octanol–water partition coefficient (Wildman–Crippen LogP) is 2.33. The lowest BCUT2D eigenvalue weighted by atomic mass is 10.2. The lowest BCUT2D eigenvalue weighted by Crippen LogP contribution is -2.38. The number of nitrogens with one attached hydrogen (secondary N) is 1. The zero-order valence-corrected chi connectivity index (χ0v) is 15.4. The van der Waals surface area contributed by atoms with Crippen molar-refractivity contribution in [3.05, 3.63) is 23.8 Å². The van der Waals surface area contributed by atoms with Crippen LogP contribution in [0.3, 0.4) is 0 Å². The predicted molar refractivity (Wildman–Crippen MR) is 97.6 cm³/mol. The molecule has 1 fully saturated rings. The summed E-state index contributed by atoms with van der Waals surface area (Å²) in [5, 5.41) is 2.97. The van der Waals surface area contributed by atoms with Crippen molar-refractivity contribution in [1.82, 2.24) is 10.2 Å². The minimum Gasteiger partial charge on any atom is -0.493 e. The van der Waals surface area contributed by atoms with Gasteiger partial charge in [0.05, 0.1) is 26.9 Å². The van der Waals surface area contributed by atoms with E-state index in [2.05, 4.69) is 17.1 Å². The average Bonchev–Trinajstić information content (AvgIpc) is 2.66. The fourth-order valence-corrected chi connectivity index (χ4v) is 2.69. The Morgan fingerprint density at radius 1 is 1.24 bits per heavy atom. The summed E-state index contributed by atoms with van der Waals surface area (Å²) in [6.45, 7) is 7.98. The largest absolute Gasteiger partial charge is 0.493 e. The molecular formula is C19H30N2O4. The summed E-state index contributed by atoms with van der Waals surface area (Å²) in [7, 11) is 1.59. The summed E-state index contributed by atoms with van der Waals surface area (Å²) in [5.74, 6) is 1.19. The van der Waals surface area contributed by atoms with Crippen molar-refractivity contribution in [3.63, 3.8) is 0 Å². The van der Waals surface area contributed by atoms with Crippen molar-refractivity contribution in [3.8, 4) is 11.5 Å². The van der Waals surface area contributed by atoms with E-state index >= 15 is 0 Å². The fraction of sp³-hybridized carbons (Fsp3) is 0.632. The second-order valence-corrected chi connectivity index (χ2v) is 6.13. The molecule has 0 aromatic heterocycles. The molecule has 1 aromatic carbocycles. The van der Waals surface area contributed by atoms with Gasteiger partial charge in [0.15, 0.2) is 11.5 Å². The molecule has 0 saturated carbocycles. The smallest absolute Gasteiger partial charge is 0.251 e. The molecule has 1 heterocycles. The molecule has 1 aromatic rings. The van der Waals surface area contributed by atoms with E-state index in [9.17, 15) is 4.79 Å². The highest BCUT2D eigenvalue weighted by molar-refractivity contribution is 5.94. The van der Waals surface area contributed by atoms with Gasteiger partial charge in [0.2, 0.25) is 0 Å². The third-order valence-electron chi connectivity index (χ3n) is 4.22. The topological polar surface area (TPSA) is 60.0 Å². The van der Waals surface area contributed by atoms with E-state index in [1.165, 1.54) is 0 Å². The van der Waals surface area contributed by atoms with Crippen LogP contribution in [0.15, 0.2) is 18.2 Å². The molecule has 1 saturated heterocycles. The minimum atomic E-state index is -0.0830. The standard InChI is InChI=1S/C19H30N2O4/c1-3-4-12-25-17-7-6-16(15-18(17)23-2)19(22)20-8-5-9-21-10-13-24-14-11-21/h6-7,15H,3-5,8-14H2,1-2H3,(H,20,22). The zero-order valence-electron chi connectivity index (χ0n) is 15.4. The highest BCUT2D eigenvalue weighted by Crippen LogP contribution is 2.28. The third-order valence-corrected chi connectivity index (χ3v) is 4.22. The Bertz CT molecular complexity index is 530. The summed E-state index contributed by atoms with van der Waals surface area (Å²) in [5.41, 5.74) is 0.589. The van der Waals surface area contributed by atoms with E-state index in [0.29, 0.717) is 30.2 Å². The van der Waals surface area contributed by atoms with Gasteiger partial charge in [-0.25, -0.2) is 0 Å². The van der Waals surface area contributed by atoms with Gasteiger partial charge in [0.25, 0.3) is 5.91 Å². The van der Waals surface area contributed by atoms with E-state index < -0.39 is 0 Å². The first kappa shape index (κ1) is 19.5. The van der Waals surface area contributed by atoms with Crippen LogP contribution in [0.1, 0.15) is 36.5 Å². The summed E-state index contributed by atoms with van der Waals surface area (Å²) < 4.78 is 16.4. The number of rotatable bonds is 10. The monoisotopic (exact) mass is 350 g/mol. The van der Waals surface area contributed by atoms with Crippen LogP contribution in [0.4, 0.5) is 0 Å². The number of ether oxygens (including phenoxy) is 3. The van der Waals surface area contributed by atoms with Gasteiger partial charge in [-0.2, -0.15) is 0 Å². The number of methoxy groups -OCH3 is 1. The molecule has 25 heavy (non-hydrogen) atoms. The van der Waals surface area contributed by atoms with Crippen molar-refractivity contribution in [2.75, 3.05) is 53.1 Å². The Morgan fingerprint density at radius 2 is 2.04 bits per heavy atom. The number of hydrogen-bond donors (Lipinski definition) is 1. The van der Waals surface area contributed by atoms with Gasteiger partial charge in [-0.1, -0.05) is 13.3 Å². The molecule has 140 valence electrons. The van der Waals surface area contributed by atoms with E-state index in [4.69, 9.17) is 14.2 Å². The average molecular weight is 350 g/mol. The lowest BCUT2D eigenvalue weighted by Gasteiger charge is -2.26. The molecule has 1 aliphatic heterocycles. The quantitative estimate of drug-likeness (QED) is 0.656. The van der Waals surface area contributed by atoms with Gasteiger partial charge < -0.3 is 19.5 Å². The number of carbonyl (C=O) groups is 1. The number of unbranched alkanes of at least 4 members (excludes halogenated alkanes) is 1. The molecule has 2 rings (SSSR count). The van der Waals surface area contributed by atoms with E-state index in [-0.39, 0.29) is 5.91 Å². The first-order valence-electron chi connectivity index (χ1n) is 9.13. The Kier molecular flexibility index (Phi) is 8.55. The van der Waals surface area contributed by atoms with Crippen LogP contribution in [0.2, 0.25) is 0 Å². The van der Waals surface area contributed by atoms with Crippen LogP contribution in [0, 0.1) is 0 Å². The Labute approximate surface area is 150 Å². The van der Waals surface area contributed by atoms with Gasteiger partial charge in [-0.05, 0) is 37.6 Å². The van der Waals surface area contributed by atoms with Crippen LogP contribution in [-0.4, -0.2) is 63.9 Å². The van der Waals surface area contributed by atoms with E-state index in [0.717, 1.165) is 52.1 Å². The number of benzene rings is 1. The van der Waals surface area contributed by atoms with Crippen molar-refractivity contribution >= 4 is 5.91 Å². The Hall–Kier alpha value is -1.79. The summed E-state index contributed by atoms with van der Waals surface area (Å²) in [6.07, 6.45) is 3.00. The second kappa shape index (κ2) is 10.9. The van der Waals surface area contributed by atoms with Crippen LogP contribution in [-0.2, 0) is 4.74 Å². The maximum Gasteiger partial charge on any atom is 0.251 e.